The summed E-state index contributed by atoms with van der Waals surface area (Å²) in [4.78, 5) is 20.8. The van der Waals surface area contributed by atoms with Crippen LogP contribution in [-0.2, 0) is 4.74 Å². The second-order valence-electron chi connectivity index (χ2n) is 5.39. The van der Waals surface area contributed by atoms with E-state index in [0.29, 0.717) is 41.3 Å². The van der Waals surface area contributed by atoms with Crippen molar-refractivity contribution in [1.82, 2.24) is 15.3 Å². The zero-order chi connectivity index (χ0) is 18.4. The van der Waals surface area contributed by atoms with Crippen LogP contribution in [0.2, 0.25) is 5.02 Å². The van der Waals surface area contributed by atoms with E-state index < -0.39 is 0 Å². The van der Waals surface area contributed by atoms with Crippen molar-refractivity contribution in [3.63, 3.8) is 0 Å². The molecule has 1 aromatic carbocycles. The minimum Gasteiger partial charge on any atom is -0.495 e. The number of carbonyl (C=O) groups excluding carboxylic acids is 1. The van der Waals surface area contributed by atoms with Gasteiger partial charge in [-0.05, 0) is 31.5 Å². The van der Waals surface area contributed by atoms with E-state index in [2.05, 4.69) is 20.6 Å². The molecule has 0 saturated heterocycles. The highest BCUT2D eigenvalue weighted by Gasteiger charge is 2.13. The maximum Gasteiger partial charge on any atom is 0.270 e. The maximum absolute atomic E-state index is 12.2. The van der Waals surface area contributed by atoms with Crippen LogP contribution in [0.15, 0.2) is 18.2 Å². The Hall–Kier alpha value is -2.38. The van der Waals surface area contributed by atoms with Gasteiger partial charge in [0.25, 0.3) is 5.91 Å². The average Bonchev–Trinajstić information content (AvgIpc) is 2.57. The zero-order valence-corrected chi connectivity index (χ0v) is 15.4. The van der Waals surface area contributed by atoms with Crippen LogP contribution >= 0.6 is 11.6 Å². The van der Waals surface area contributed by atoms with Crippen LogP contribution in [-0.4, -0.2) is 43.2 Å². The van der Waals surface area contributed by atoms with Crippen molar-refractivity contribution >= 4 is 29.1 Å². The number of benzene rings is 1. The van der Waals surface area contributed by atoms with Crippen molar-refractivity contribution in [3.8, 4) is 5.75 Å². The summed E-state index contributed by atoms with van der Waals surface area (Å²) in [5.41, 5.74) is 2.49. The Bertz CT molecular complexity index is 768. The fourth-order valence-electron chi connectivity index (χ4n) is 2.15. The number of anilines is 2. The molecular formula is C17H21ClN4O3. The van der Waals surface area contributed by atoms with Gasteiger partial charge in [-0.25, -0.2) is 9.97 Å². The van der Waals surface area contributed by atoms with Crippen molar-refractivity contribution in [2.24, 2.45) is 0 Å². The van der Waals surface area contributed by atoms with E-state index in [-0.39, 0.29) is 11.6 Å². The summed E-state index contributed by atoms with van der Waals surface area (Å²) in [6, 6.07) is 5.18. The van der Waals surface area contributed by atoms with Crippen LogP contribution in [0, 0.1) is 13.8 Å². The fourth-order valence-corrected chi connectivity index (χ4v) is 2.30. The SMILES string of the molecule is COCCNC(=O)c1cc(C)nc(Nc2cc(C)c(Cl)cc2OC)n1. The van der Waals surface area contributed by atoms with Crippen molar-refractivity contribution < 1.29 is 14.3 Å². The molecule has 0 aliphatic heterocycles. The van der Waals surface area contributed by atoms with E-state index in [1.54, 1.807) is 33.3 Å². The second kappa shape index (κ2) is 8.64. The minimum atomic E-state index is -0.287. The van der Waals surface area contributed by atoms with E-state index in [0.717, 1.165) is 5.56 Å². The molecule has 0 fully saturated rings. The monoisotopic (exact) mass is 364 g/mol. The van der Waals surface area contributed by atoms with Gasteiger partial charge in [-0.15, -0.1) is 0 Å². The highest BCUT2D eigenvalue weighted by atomic mass is 35.5. The van der Waals surface area contributed by atoms with E-state index >= 15 is 0 Å². The van der Waals surface area contributed by atoms with Crippen LogP contribution in [0.25, 0.3) is 0 Å². The highest BCUT2D eigenvalue weighted by Crippen LogP contribution is 2.32. The topological polar surface area (TPSA) is 85.4 Å². The summed E-state index contributed by atoms with van der Waals surface area (Å²) < 4.78 is 10.2. The lowest BCUT2D eigenvalue weighted by Gasteiger charge is -2.13. The largest absolute Gasteiger partial charge is 0.495 e. The van der Waals surface area contributed by atoms with Crippen LogP contribution < -0.4 is 15.4 Å². The number of amides is 1. The Morgan fingerprint density at radius 3 is 2.64 bits per heavy atom. The summed E-state index contributed by atoms with van der Waals surface area (Å²) >= 11 is 6.12. The predicted molar refractivity (Wildman–Crippen MR) is 97.0 cm³/mol. The first-order valence-electron chi connectivity index (χ1n) is 7.68. The molecule has 8 heteroatoms. The molecule has 0 spiro atoms. The molecule has 0 radical (unpaired) electrons. The molecule has 0 aliphatic carbocycles. The molecule has 7 nitrogen and oxygen atoms in total. The molecule has 1 aromatic heterocycles. The summed E-state index contributed by atoms with van der Waals surface area (Å²) in [5, 5.41) is 6.42. The molecule has 0 bridgehead atoms. The lowest BCUT2D eigenvalue weighted by molar-refractivity contribution is 0.0932. The van der Waals surface area contributed by atoms with Gasteiger partial charge in [0.15, 0.2) is 0 Å². The van der Waals surface area contributed by atoms with Crippen molar-refractivity contribution in [1.29, 1.82) is 0 Å². The minimum absolute atomic E-state index is 0.274. The molecule has 2 rings (SSSR count). The first-order valence-corrected chi connectivity index (χ1v) is 8.06. The number of nitrogens with one attached hydrogen (secondary N) is 2. The van der Waals surface area contributed by atoms with Gasteiger partial charge in [0.05, 0.1) is 19.4 Å². The van der Waals surface area contributed by atoms with Gasteiger partial charge < -0.3 is 20.1 Å². The van der Waals surface area contributed by atoms with E-state index in [1.165, 1.54) is 0 Å². The number of hydrogen-bond acceptors (Lipinski definition) is 6. The Morgan fingerprint density at radius 2 is 1.96 bits per heavy atom. The Balaban J connectivity index is 2.26. The summed E-state index contributed by atoms with van der Waals surface area (Å²) in [6.07, 6.45) is 0. The number of rotatable bonds is 7. The smallest absolute Gasteiger partial charge is 0.270 e. The molecule has 2 aromatic rings. The molecule has 2 N–H and O–H groups in total. The van der Waals surface area contributed by atoms with Gasteiger partial charge in [-0.2, -0.15) is 0 Å². The van der Waals surface area contributed by atoms with E-state index in [9.17, 15) is 4.79 Å². The van der Waals surface area contributed by atoms with Crippen LogP contribution in [0.5, 0.6) is 5.75 Å². The van der Waals surface area contributed by atoms with Gasteiger partial charge >= 0.3 is 0 Å². The Morgan fingerprint density at radius 1 is 1.20 bits per heavy atom. The van der Waals surface area contributed by atoms with Crippen molar-refractivity contribution in [2.75, 3.05) is 32.7 Å². The Labute approximate surface area is 151 Å². The third-order valence-electron chi connectivity index (χ3n) is 3.41. The van der Waals surface area contributed by atoms with Gasteiger partial charge in [0, 0.05) is 30.4 Å². The first-order chi connectivity index (χ1) is 11.9. The Kier molecular flexibility index (Phi) is 6.55. The molecule has 25 heavy (non-hydrogen) atoms. The molecule has 0 unspecified atom stereocenters. The molecule has 134 valence electrons. The van der Waals surface area contributed by atoms with Crippen molar-refractivity contribution in [2.45, 2.75) is 13.8 Å². The van der Waals surface area contributed by atoms with Crippen LogP contribution in [0.1, 0.15) is 21.7 Å². The zero-order valence-electron chi connectivity index (χ0n) is 14.6. The van der Waals surface area contributed by atoms with Gasteiger partial charge in [0.2, 0.25) is 5.95 Å². The lowest BCUT2D eigenvalue weighted by Crippen LogP contribution is -2.28. The highest BCUT2D eigenvalue weighted by molar-refractivity contribution is 6.31. The number of carbonyl (C=O) groups is 1. The number of methoxy groups -OCH3 is 2. The van der Waals surface area contributed by atoms with Gasteiger partial charge in [0.1, 0.15) is 11.4 Å². The molecule has 0 saturated carbocycles. The van der Waals surface area contributed by atoms with E-state index in [1.807, 2.05) is 13.0 Å². The van der Waals surface area contributed by atoms with Gasteiger partial charge in [-0.1, -0.05) is 11.6 Å². The number of ether oxygens (including phenoxy) is 2. The third kappa shape index (κ3) is 5.04. The third-order valence-corrected chi connectivity index (χ3v) is 3.81. The number of aromatic nitrogens is 2. The number of halogens is 1. The summed E-state index contributed by atoms with van der Waals surface area (Å²) in [6.45, 7) is 4.52. The molecule has 1 amide bonds. The van der Waals surface area contributed by atoms with Crippen molar-refractivity contribution in [3.05, 3.63) is 40.2 Å². The van der Waals surface area contributed by atoms with Crippen LogP contribution in [0.4, 0.5) is 11.6 Å². The quantitative estimate of drug-likeness (QED) is 0.735. The second-order valence-corrected chi connectivity index (χ2v) is 5.80. The summed E-state index contributed by atoms with van der Waals surface area (Å²) in [7, 11) is 3.13. The number of hydrogen-bond donors (Lipinski definition) is 2. The normalized spacial score (nSPS) is 10.4. The maximum atomic E-state index is 12.2. The van der Waals surface area contributed by atoms with Crippen LogP contribution in [0.3, 0.4) is 0 Å². The first kappa shape index (κ1) is 19.0. The predicted octanol–water partition coefficient (Wildman–Crippen LogP) is 2.88. The molecular weight excluding hydrogens is 344 g/mol. The van der Waals surface area contributed by atoms with E-state index in [4.69, 9.17) is 21.1 Å². The number of nitrogens with zero attached hydrogens (tertiary/aromatic N) is 2. The molecule has 1 heterocycles. The average molecular weight is 365 g/mol. The summed E-state index contributed by atoms with van der Waals surface area (Å²) in [5.74, 6) is 0.577. The molecule has 0 atom stereocenters. The fraction of sp³-hybridized carbons (Fsp3) is 0.353. The lowest BCUT2D eigenvalue weighted by atomic mass is 10.2. The standard InChI is InChI=1S/C17H21ClN4O3/c1-10-7-13(15(25-4)9-12(10)18)21-17-20-11(2)8-14(22-17)16(23)19-5-6-24-3/h7-9H,5-6H2,1-4H3,(H,19,23)(H,20,21,22). The molecule has 0 aliphatic rings. The number of aryl methyl sites for hydroxylation is 2. The van der Waals surface area contributed by atoms with Gasteiger partial charge in [-0.3, -0.25) is 4.79 Å².